The third-order valence-electron chi connectivity index (χ3n) is 4.24. The highest BCUT2D eigenvalue weighted by molar-refractivity contribution is 7.97. The van der Waals surface area contributed by atoms with Crippen LogP contribution in [0.4, 0.5) is 5.69 Å². The Morgan fingerprint density at radius 3 is 2.33 bits per heavy atom. The monoisotopic (exact) mass is 341 g/mol. The number of carbonyl (C=O) groups excluding carboxylic acids is 1. The van der Waals surface area contributed by atoms with E-state index in [-0.39, 0.29) is 5.91 Å². The summed E-state index contributed by atoms with van der Waals surface area (Å²) >= 11 is 1.43. The molecule has 0 unspecified atom stereocenters. The summed E-state index contributed by atoms with van der Waals surface area (Å²) in [5.74, 6) is 0.729. The maximum atomic E-state index is 12.2. The smallest absolute Gasteiger partial charge is 0.261 e. The number of likely N-dealkylation sites (N-methyl/N-ethyl adjacent to an activating group) is 1. The summed E-state index contributed by atoms with van der Waals surface area (Å²) in [6.45, 7) is 4.24. The van der Waals surface area contributed by atoms with Crippen LogP contribution in [0.1, 0.15) is 15.9 Å². The maximum absolute atomic E-state index is 12.2. The van der Waals surface area contributed by atoms with Gasteiger partial charge in [-0.05, 0) is 48.8 Å². The minimum absolute atomic E-state index is 0.0409. The van der Waals surface area contributed by atoms with E-state index in [2.05, 4.69) is 33.7 Å². The average molecular weight is 341 g/mol. The van der Waals surface area contributed by atoms with Crippen LogP contribution in [-0.2, 0) is 5.75 Å². The molecule has 1 aliphatic heterocycles. The number of nitrogens with zero attached hydrogens (tertiary/aromatic N) is 2. The van der Waals surface area contributed by atoms with E-state index >= 15 is 0 Å². The summed E-state index contributed by atoms with van der Waals surface area (Å²) in [5.41, 5.74) is 3.10. The Bertz CT molecular complexity index is 652. The minimum Gasteiger partial charge on any atom is -0.369 e. The number of hydrogen-bond acceptors (Lipinski definition) is 4. The lowest BCUT2D eigenvalue weighted by atomic mass is 10.1. The Balaban J connectivity index is 1.50. The quantitative estimate of drug-likeness (QED) is 0.848. The molecular weight excluding hydrogens is 318 g/mol. The zero-order valence-electron chi connectivity index (χ0n) is 13.9. The van der Waals surface area contributed by atoms with Gasteiger partial charge in [-0.1, -0.05) is 30.3 Å². The van der Waals surface area contributed by atoms with Crippen molar-refractivity contribution in [3.05, 3.63) is 65.7 Å². The standard InChI is InChI=1S/C19H23N3OS/c1-21-11-13-22(14-12-21)18-9-7-17(8-10-18)19(23)20-24-15-16-5-3-2-4-6-16/h2-10H,11-15H2,1H3,(H,20,23). The average Bonchev–Trinajstić information content (AvgIpc) is 2.63. The summed E-state index contributed by atoms with van der Waals surface area (Å²) in [6, 6.07) is 18.0. The normalized spacial score (nSPS) is 15.3. The van der Waals surface area contributed by atoms with E-state index in [4.69, 9.17) is 0 Å². The number of nitrogens with one attached hydrogen (secondary N) is 1. The zero-order valence-corrected chi connectivity index (χ0v) is 14.8. The fraction of sp³-hybridized carbons (Fsp3) is 0.316. The molecule has 1 heterocycles. The van der Waals surface area contributed by atoms with Gasteiger partial charge in [0.15, 0.2) is 0 Å². The van der Waals surface area contributed by atoms with Gasteiger partial charge in [-0.15, -0.1) is 0 Å². The number of carbonyl (C=O) groups is 1. The highest BCUT2D eigenvalue weighted by Crippen LogP contribution is 2.17. The van der Waals surface area contributed by atoms with Gasteiger partial charge < -0.3 is 9.80 Å². The molecule has 1 saturated heterocycles. The lowest BCUT2D eigenvalue weighted by Gasteiger charge is -2.34. The molecule has 0 saturated carbocycles. The topological polar surface area (TPSA) is 35.6 Å². The molecule has 2 aromatic rings. The van der Waals surface area contributed by atoms with Gasteiger partial charge in [0.05, 0.1) is 0 Å². The second kappa shape index (κ2) is 8.22. The third-order valence-corrected chi connectivity index (χ3v) is 5.05. The van der Waals surface area contributed by atoms with Crippen LogP contribution in [0.25, 0.3) is 0 Å². The van der Waals surface area contributed by atoms with Crippen molar-refractivity contribution in [3.8, 4) is 0 Å². The molecule has 1 N–H and O–H groups in total. The molecule has 0 aliphatic carbocycles. The Labute approximate surface area is 148 Å². The van der Waals surface area contributed by atoms with Gasteiger partial charge in [-0.3, -0.25) is 9.52 Å². The van der Waals surface area contributed by atoms with Crippen LogP contribution in [0.2, 0.25) is 0 Å². The number of piperazine rings is 1. The van der Waals surface area contributed by atoms with Gasteiger partial charge in [-0.2, -0.15) is 0 Å². The van der Waals surface area contributed by atoms with E-state index in [0.717, 1.165) is 31.9 Å². The van der Waals surface area contributed by atoms with E-state index in [1.807, 2.05) is 42.5 Å². The SMILES string of the molecule is CN1CCN(c2ccc(C(=O)NSCc3ccccc3)cc2)CC1. The van der Waals surface area contributed by atoms with Gasteiger partial charge in [-0.25, -0.2) is 0 Å². The predicted octanol–water partition coefficient (Wildman–Crippen LogP) is 3.02. The Hall–Kier alpha value is -1.98. The van der Waals surface area contributed by atoms with Crippen molar-refractivity contribution >= 4 is 23.5 Å². The van der Waals surface area contributed by atoms with Crippen LogP contribution in [0.15, 0.2) is 54.6 Å². The summed E-state index contributed by atoms with van der Waals surface area (Å²) < 4.78 is 2.91. The largest absolute Gasteiger partial charge is 0.369 e. The van der Waals surface area contributed by atoms with Gasteiger partial charge >= 0.3 is 0 Å². The number of rotatable bonds is 5. The van der Waals surface area contributed by atoms with E-state index in [1.54, 1.807) is 0 Å². The van der Waals surface area contributed by atoms with Crippen LogP contribution in [0.3, 0.4) is 0 Å². The van der Waals surface area contributed by atoms with E-state index in [1.165, 1.54) is 23.2 Å². The van der Waals surface area contributed by atoms with Crippen LogP contribution >= 0.6 is 11.9 Å². The van der Waals surface area contributed by atoms with Crippen molar-refractivity contribution in [3.63, 3.8) is 0 Å². The van der Waals surface area contributed by atoms with Gasteiger partial charge in [0.2, 0.25) is 0 Å². The number of benzene rings is 2. The number of hydrogen-bond donors (Lipinski definition) is 1. The van der Waals surface area contributed by atoms with Crippen LogP contribution in [0, 0.1) is 0 Å². The molecule has 24 heavy (non-hydrogen) atoms. The van der Waals surface area contributed by atoms with E-state index < -0.39 is 0 Å². The van der Waals surface area contributed by atoms with Crippen LogP contribution < -0.4 is 9.62 Å². The molecule has 0 bridgehead atoms. The van der Waals surface area contributed by atoms with Gasteiger partial charge in [0, 0.05) is 43.2 Å². The van der Waals surface area contributed by atoms with Crippen molar-refractivity contribution < 1.29 is 4.79 Å². The number of amides is 1. The third kappa shape index (κ3) is 4.52. The molecule has 0 aromatic heterocycles. The molecular formula is C19H23N3OS. The molecule has 126 valence electrons. The molecule has 3 rings (SSSR count). The maximum Gasteiger partial charge on any atom is 0.261 e. The van der Waals surface area contributed by atoms with E-state index in [0.29, 0.717) is 5.56 Å². The Kier molecular flexibility index (Phi) is 5.77. The van der Waals surface area contributed by atoms with Crippen LogP contribution in [0.5, 0.6) is 0 Å². The summed E-state index contributed by atoms with van der Waals surface area (Å²) in [5, 5.41) is 0. The first-order valence-corrected chi connectivity index (χ1v) is 9.20. The van der Waals surface area contributed by atoms with Crippen molar-refractivity contribution in [2.45, 2.75) is 5.75 Å². The molecule has 0 radical (unpaired) electrons. The van der Waals surface area contributed by atoms with Crippen molar-refractivity contribution in [2.24, 2.45) is 0 Å². The van der Waals surface area contributed by atoms with Gasteiger partial charge in [0.25, 0.3) is 5.91 Å². The summed E-state index contributed by atoms with van der Waals surface area (Å²) in [4.78, 5) is 16.9. The summed E-state index contributed by atoms with van der Waals surface area (Å²) in [6.07, 6.45) is 0. The second-order valence-corrected chi connectivity index (χ2v) is 6.82. The van der Waals surface area contributed by atoms with Crippen molar-refractivity contribution in [1.29, 1.82) is 0 Å². The Morgan fingerprint density at radius 2 is 1.67 bits per heavy atom. The Morgan fingerprint density at radius 1 is 1.00 bits per heavy atom. The van der Waals surface area contributed by atoms with Gasteiger partial charge in [0.1, 0.15) is 0 Å². The molecule has 1 aliphatic rings. The molecule has 5 heteroatoms. The fourth-order valence-electron chi connectivity index (χ4n) is 2.71. The highest BCUT2D eigenvalue weighted by atomic mass is 32.2. The highest BCUT2D eigenvalue weighted by Gasteiger charge is 2.14. The predicted molar refractivity (Wildman–Crippen MR) is 101 cm³/mol. The lowest BCUT2D eigenvalue weighted by Crippen LogP contribution is -2.44. The molecule has 4 nitrogen and oxygen atoms in total. The van der Waals surface area contributed by atoms with Crippen molar-refractivity contribution in [2.75, 3.05) is 38.1 Å². The molecule has 2 aromatic carbocycles. The van der Waals surface area contributed by atoms with Crippen molar-refractivity contribution in [1.82, 2.24) is 9.62 Å². The first kappa shape index (κ1) is 16.9. The first-order valence-electron chi connectivity index (χ1n) is 8.22. The zero-order chi connectivity index (χ0) is 16.8. The molecule has 1 amide bonds. The van der Waals surface area contributed by atoms with Crippen LogP contribution in [-0.4, -0.2) is 44.0 Å². The lowest BCUT2D eigenvalue weighted by molar-refractivity contribution is 0.0984. The molecule has 0 spiro atoms. The minimum atomic E-state index is -0.0409. The number of anilines is 1. The summed E-state index contributed by atoms with van der Waals surface area (Å²) in [7, 11) is 2.15. The first-order chi connectivity index (χ1) is 11.7. The molecule has 1 fully saturated rings. The molecule has 0 atom stereocenters. The second-order valence-electron chi connectivity index (χ2n) is 6.04. The fourth-order valence-corrected chi connectivity index (χ4v) is 3.39. The van der Waals surface area contributed by atoms with E-state index in [9.17, 15) is 4.79 Å².